The van der Waals surface area contributed by atoms with Gasteiger partial charge in [0.2, 0.25) is 5.75 Å². The molecule has 0 saturated carbocycles. The molecule has 2 aromatic carbocycles. The lowest BCUT2D eigenvalue weighted by Crippen LogP contribution is -2.14. The number of aromatic hydroxyl groups is 3. The lowest BCUT2D eigenvalue weighted by atomic mass is 10.1. The summed E-state index contributed by atoms with van der Waals surface area (Å²) >= 11 is 3.26. The lowest BCUT2D eigenvalue weighted by Gasteiger charge is -2.08. The van der Waals surface area contributed by atoms with E-state index in [0.29, 0.717) is 15.7 Å². The first-order valence-corrected chi connectivity index (χ1v) is 7.30. The van der Waals surface area contributed by atoms with E-state index in [2.05, 4.69) is 26.2 Å². The van der Waals surface area contributed by atoms with Crippen LogP contribution in [0, 0.1) is 0 Å². The zero-order valence-electron chi connectivity index (χ0n) is 11.7. The third-order valence-electron chi connectivity index (χ3n) is 3.38. The number of amides is 1. The zero-order valence-corrected chi connectivity index (χ0v) is 13.3. The van der Waals surface area contributed by atoms with Crippen molar-refractivity contribution in [3.63, 3.8) is 0 Å². The summed E-state index contributed by atoms with van der Waals surface area (Å²) in [6.45, 7) is 0. The fourth-order valence-electron chi connectivity index (χ4n) is 2.26. The molecule has 0 aliphatic carbocycles. The van der Waals surface area contributed by atoms with Crippen molar-refractivity contribution in [1.82, 2.24) is 0 Å². The third-order valence-corrected chi connectivity index (χ3v) is 3.87. The second kappa shape index (κ2) is 5.53. The molecule has 24 heavy (non-hydrogen) atoms. The number of nitrogens with zero attached hydrogens (tertiary/aromatic N) is 1. The van der Waals surface area contributed by atoms with E-state index in [1.165, 1.54) is 0 Å². The summed E-state index contributed by atoms with van der Waals surface area (Å²) in [5.41, 5.74) is -0.351. The van der Waals surface area contributed by atoms with Crippen LogP contribution in [0.4, 0.5) is 11.4 Å². The minimum atomic E-state index is -1.49. The predicted molar refractivity (Wildman–Crippen MR) is 87.4 cm³/mol. The average Bonchev–Trinajstić information content (AvgIpc) is 2.82. The Balaban J connectivity index is 2.27. The maximum atomic E-state index is 12.1. The molecule has 1 aliphatic rings. The van der Waals surface area contributed by atoms with E-state index in [-0.39, 0.29) is 5.71 Å². The Hall–Kier alpha value is -3.07. The first-order chi connectivity index (χ1) is 11.3. The number of benzene rings is 2. The highest BCUT2D eigenvalue weighted by Crippen LogP contribution is 2.45. The molecule has 0 atom stereocenters. The van der Waals surface area contributed by atoms with Gasteiger partial charge in [0.1, 0.15) is 11.4 Å². The van der Waals surface area contributed by atoms with Crippen molar-refractivity contribution in [3.05, 3.63) is 39.9 Å². The Bertz CT molecular complexity index is 938. The third kappa shape index (κ3) is 2.44. The van der Waals surface area contributed by atoms with Crippen molar-refractivity contribution in [3.8, 4) is 17.2 Å². The topological polar surface area (TPSA) is 139 Å². The number of fused-ring (bicyclic) bond motifs is 1. The van der Waals surface area contributed by atoms with Crippen LogP contribution in [0.1, 0.15) is 15.9 Å². The van der Waals surface area contributed by atoms with E-state index >= 15 is 0 Å². The smallest absolute Gasteiger partial charge is 0.338 e. The molecule has 0 unspecified atom stereocenters. The Morgan fingerprint density at radius 2 is 1.83 bits per heavy atom. The SMILES string of the molecule is O=C1Nc2ccc(Br)cc2C1=Nc1c(C(=O)O)cc(O)c(O)c1O. The molecule has 2 aromatic rings. The predicted octanol–water partition coefficient (Wildman–Crippen LogP) is 2.34. The minimum Gasteiger partial charge on any atom is -0.504 e. The monoisotopic (exact) mass is 392 g/mol. The highest BCUT2D eigenvalue weighted by molar-refractivity contribution is 9.10. The van der Waals surface area contributed by atoms with Crippen LogP contribution in [0.15, 0.2) is 33.7 Å². The Labute approximate surface area is 142 Å². The molecular formula is C15H9BrN2O6. The Kier molecular flexibility index (Phi) is 3.64. The summed E-state index contributed by atoms with van der Waals surface area (Å²) in [4.78, 5) is 27.3. The normalized spacial score (nSPS) is 14.5. The minimum absolute atomic E-state index is 0.130. The molecular weight excluding hydrogens is 384 g/mol. The quantitative estimate of drug-likeness (QED) is 0.497. The van der Waals surface area contributed by atoms with Crippen molar-refractivity contribution in [2.75, 3.05) is 5.32 Å². The van der Waals surface area contributed by atoms with Gasteiger partial charge in [0, 0.05) is 16.1 Å². The van der Waals surface area contributed by atoms with Crippen molar-refractivity contribution in [1.29, 1.82) is 0 Å². The molecule has 0 aromatic heterocycles. The van der Waals surface area contributed by atoms with E-state index in [1.54, 1.807) is 18.2 Å². The van der Waals surface area contributed by atoms with Gasteiger partial charge >= 0.3 is 5.97 Å². The van der Waals surface area contributed by atoms with Gasteiger partial charge in [-0.05, 0) is 18.2 Å². The molecule has 9 heteroatoms. The number of carbonyl (C=O) groups is 2. The number of carbonyl (C=O) groups excluding carboxylic acids is 1. The maximum absolute atomic E-state index is 12.1. The van der Waals surface area contributed by atoms with Gasteiger partial charge in [0.15, 0.2) is 11.5 Å². The van der Waals surface area contributed by atoms with Crippen LogP contribution in [0.2, 0.25) is 0 Å². The maximum Gasteiger partial charge on any atom is 0.338 e. The van der Waals surface area contributed by atoms with Gasteiger partial charge < -0.3 is 25.7 Å². The second-order valence-electron chi connectivity index (χ2n) is 4.90. The number of aromatic carboxylic acids is 1. The van der Waals surface area contributed by atoms with Gasteiger partial charge in [0.25, 0.3) is 5.91 Å². The summed E-state index contributed by atoms with van der Waals surface area (Å²) in [7, 11) is 0. The molecule has 0 spiro atoms. The van der Waals surface area contributed by atoms with E-state index in [0.717, 1.165) is 6.07 Å². The number of phenols is 3. The highest BCUT2D eigenvalue weighted by atomic mass is 79.9. The summed E-state index contributed by atoms with van der Waals surface area (Å²) in [5, 5.41) is 40.8. The fraction of sp³-hybridized carbons (Fsp3) is 0. The first-order valence-electron chi connectivity index (χ1n) is 6.50. The summed E-state index contributed by atoms with van der Waals surface area (Å²) in [6.07, 6.45) is 0. The summed E-state index contributed by atoms with van der Waals surface area (Å²) in [6, 6.07) is 5.68. The van der Waals surface area contributed by atoms with Gasteiger partial charge in [-0.25, -0.2) is 9.79 Å². The summed E-state index contributed by atoms with van der Waals surface area (Å²) < 4.78 is 0.668. The summed E-state index contributed by atoms with van der Waals surface area (Å²) in [5.74, 6) is -4.75. The first kappa shape index (κ1) is 15.8. The molecule has 0 saturated heterocycles. The van der Waals surface area contributed by atoms with Gasteiger partial charge in [-0.3, -0.25) is 4.79 Å². The number of aliphatic imine (C=N–C) groups is 1. The molecule has 8 nitrogen and oxygen atoms in total. The molecule has 1 heterocycles. The van der Waals surface area contributed by atoms with Crippen LogP contribution < -0.4 is 5.32 Å². The van der Waals surface area contributed by atoms with Crippen LogP contribution in [0.25, 0.3) is 0 Å². The number of hydrogen-bond donors (Lipinski definition) is 5. The van der Waals surface area contributed by atoms with E-state index in [1.807, 2.05) is 0 Å². The number of carboxylic acids is 1. The number of hydrogen-bond acceptors (Lipinski definition) is 6. The number of halogens is 1. The zero-order chi connectivity index (χ0) is 17.6. The van der Waals surface area contributed by atoms with Crippen molar-refractivity contribution in [2.45, 2.75) is 0 Å². The van der Waals surface area contributed by atoms with Crippen LogP contribution in [-0.4, -0.2) is 38.0 Å². The molecule has 0 radical (unpaired) electrons. The molecule has 0 bridgehead atoms. The van der Waals surface area contributed by atoms with Crippen molar-refractivity contribution in [2.24, 2.45) is 4.99 Å². The Morgan fingerprint density at radius 3 is 2.50 bits per heavy atom. The molecule has 5 N–H and O–H groups in total. The van der Waals surface area contributed by atoms with Crippen molar-refractivity contribution >= 4 is 44.9 Å². The average molecular weight is 393 g/mol. The number of phenolic OH excluding ortho intramolecular Hbond substituents is 3. The molecule has 3 rings (SSSR count). The van der Waals surface area contributed by atoms with E-state index in [4.69, 9.17) is 0 Å². The van der Waals surface area contributed by atoms with Crippen LogP contribution >= 0.6 is 15.9 Å². The standard InChI is InChI=1S/C15H9BrN2O6/c16-5-1-2-8-6(3-5)11(14(22)17-8)18-10-7(15(23)24)4-9(19)12(20)13(10)21/h1-4,19-21H,(H,23,24)(H,17,18,22). The van der Waals surface area contributed by atoms with Crippen LogP contribution in [0.3, 0.4) is 0 Å². The van der Waals surface area contributed by atoms with Gasteiger partial charge in [-0.15, -0.1) is 0 Å². The largest absolute Gasteiger partial charge is 0.504 e. The van der Waals surface area contributed by atoms with Crippen molar-refractivity contribution < 1.29 is 30.0 Å². The number of anilines is 1. The molecule has 1 aliphatic heterocycles. The van der Waals surface area contributed by atoms with Gasteiger partial charge in [-0.1, -0.05) is 15.9 Å². The Morgan fingerprint density at radius 1 is 1.12 bits per heavy atom. The number of nitrogens with one attached hydrogen (secondary N) is 1. The van der Waals surface area contributed by atoms with Crippen LogP contribution in [-0.2, 0) is 4.79 Å². The van der Waals surface area contributed by atoms with Gasteiger partial charge in [0.05, 0.1) is 11.3 Å². The number of carboxylic acid groups (broad SMARTS) is 1. The molecule has 122 valence electrons. The molecule has 0 fully saturated rings. The van der Waals surface area contributed by atoms with Gasteiger partial charge in [-0.2, -0.15) is 0 Å². The molecule has 1 amide bonds. The fourth-order valence-corrected chi connectivity index (χ4v) is 2.62. The lowest BCUT2D eigenvalue weighted by molar-refractivity contribution is -0.110. The van der Waals surface area contributed by atoms with E-state index < -0.39 is 40.4 Å². The van der Waals surface area contributed by atoms with Crippen LogP contribution in [0.5, 0.6) is 17.2 Å². The highest BCUT2D eigenvalue weighted by Gasteiger charge is 2.29. The second-order valence-corrected chi connectivity index (χ2v) is 5.81. The van der Waals surface area contributed by atoms with E-state index in [9.17, 15) is 30.0 Å². The number of rotatable bonds is 2.